The molecule has 166 valence electrons. The first-order valence-corrected chi connectivity index (χ1v) is 10.2. The molecule has 1 saturated heterocycles. The number of aliphatic carboxylic acids is 2. The van der Waals surface area contributed by atoms with Crippen LogP contribution in [0.25, 0.3) is 0 Å². The zero-order valence-electron chi connectivity index (χ0n) is 17.5. The number of rotatable bonds is 6. The Morgan fingerprint density at radius 3 is 1.97 bits per heavy atom. The second kappa shape index (κ2) is 12.5. The molecule has 1 atom stereocenters. The third kappa shape index (κ3) is 8.98. The van der Waals surface area contributed by atoms with E-state index in [9.17, 15) is 4.79 Å². The summed E-state index contributed by atoms with van der Waals surface area (Å²) in [6.07, 6.45) is 2.16. The van der Waals surface area contributed by atoms with E-state index >= 15 is 0 Å². The van der Waals surface area contributed by atoms with Gasteiger partial charge >= 0.3 is 11.9 Å². The number of anilines is 1. The van der Waals surface area contributed by atoms with Crippen molar-refractivity contribution in [2.75, 3.05) is 18.4 Å². The zero-order valence-corrected chi connectivity index (χ0v) is 17.5. The van der Waals surface area contributed by atoms with Crippen LogP contribution in [-0.4, -0.2) is 58.1 Å². The molecule has 1 fully saturated rings. The van der Waals surface area contributed by atoms with Crippen molar-refractivity contribution >= 4 is 23.5 Å². The molecule has 3 rings (SSSR count). The van der Waals surface area contributed by atoms with Crippen LogP contribution in [0.5, 0.6) is 0 Å². The summed E-state index contributed by atoms with van der Waals surface area (Å²) in [5.74, 6) is -3.62. The maximum absolute atomic E-state index is 12.3. The number of benzene rings is 2. The standard InChI is InChI=1S/C21H27N3O.C2H2O4/c1-17(21(25)23-19-10-6-3-7-11-19)22-20-12-14-24(15-13-20)16-18-8-4-2-5-9-18;3-1(4)2(5)6/h2-11,17,20,22H,12-16H2,1H3,(H,23,25);(H,3,4)(H,5,6). The van der Waals surface area contributed by atoms with Crippen molar-refractivity contribution in [3.63, 3.8) is 0 Å². The van der Waals surface area contributed by atoms with E-state index in [1.54, 1.807) is 0 Å². The SMILES string of the molecule is CC(NC1CCN(Cc2ccccc2)CC1)C(=O)Nc1ccccc1.O=C(O)C(=O)O. The van der Waals surface area contributed by atoms with Gasteiger partial charge in [0.05, 0.1) is 6.04 Å². The van der Waals surface area contributed by atoms with Crippen LogP contribution in [0.15, 0.2) is 60.7 Å². The Kier molecular flexibility index (Phi) is 9.67. The molecular formula is C23H29N3O5. The van der Waals surface area contributed by atoms with Crippen molar-refractivity contribution in [1.29, 1.82) is 0 Å². The molecule has 8 nitrogen and oxygen atoms in total. The number of nitrogens with zero attached hydrogens (tertiary/aromatic N) is 1. The summed E-state index contributed by atoms with van der Waals surface area (Å²) in [5.41, 5.74) is 2.21. The predicted octanol–water partition coefficient (Wildman–Crippen LogP) is 2.42. The molecule has 0 bridgehead atoms. The average molecular weight is 428 g/mol. The first kappa shape index (κ1) is 24.0. The van der Waals surface area contributed by atoms with Gasteiger partial charge in [0.25, 0.3) is 0 Å². The lowest BCUT2D eigenvalue weighted by Crippen LogP contribution is -2.48. The smallest absolute Gasteiger partial charge is 0.414 e. The number of hydrogen-bond acceptors (Lipinski definition) is 5. The lowest BCUT2D eigenvalue weighted by Gasteiger charge is -2.33. The molecule has 1 unspecified atom stereocenters. The molecule has 4 N–H and O–H groups in total. The van der Waals surface area contributed by atoms with Crippen LogP contribution in [-0.2, 0) is 20.9 Å². The predicted molar refractivity (Wildman–Crippen MR) is 118 cm³/mol. The van der Waals surface area contributed by atoms with Gasteiger partial charge < -0.3 is 20.8 Å². The molecule has 1 aliphatic rings. The Morgan fingerprint density at radius 2 is 1.45 bits per heavy atom. The number of para-hydroxylation sites is 1. The van der Waals surface area contributed by atoms with Gasteiger partial charge in [0, 0.05) is 18.3 Å². The third-order valence-electron chi connectivity index (χ3n) is 4.94. The summed E-state index contributed by atoms with van der Waals surface area (Å²) in [5, 5.41) is 21.2. The van der Waals surface area contributed by atoms with Crippen molar-refractivity contribution in [2.45, 2.75) is 38.4 Å². The van der Waals surface area contributed by atoms with Crippen LogP contribution in [0.4, 0.5) is 5.69 Å². The van der Waals surface area contributed by atoms with Gasteiger partial charge in [-0.05, 0) is 50.6 Å². The van der Waals surface area contributed by atoms with Crippen LogP contribution >= 0.6 is 0 Å². The van der Waals surface area contributed by atoms with E-state index in [1.807, 2.05) is 37.3 Å². The number of carboxylic acid groups (broad SMARTS) is 2. The highest BCUT2D eigenvalue weighted by molar-refractivity contribution is 6.27. The summed E-state index contributed by atoms with van der Waals surface area (Å²) < 4.78 is 0. The molecule has 0 saturated carbocycles. The average Bonchev–Trinajstić information content (AvgIpc) is 2.77. The minimum absolute atomic E-state index is 0.0258. The molecule has 8 heteroatoms. The van der Waals surface area contributed by atoms with Crippen molar-refractivity contribution in [3.8, 4) is 0 Å². The van der Waals surface area contributed by atoms with Gasteiger partial charge in [0.2, 0.25) is 5.91 Å². The molecule has 0 aromatic heterocycles. The summed E-state index contributed by atoms with van der Waals surface area (Å²) in [6, 6.07) is 20.4. The number of amides is 1. The molecule has 2 aromatic carbocycles. The van der Waals surface area contributed by atoms with Gasteiger partial charge in [-0.25, -0.2) is 9.59 Å². The van der Waals surface area contributed by atoms with E-state index in [-0.39, 0.29) is 11.9 Å². The molecule has 1 aliphatic heterocycles. The highest BCUT2D eigenvalue weighted by atomic mass is 16.4. The topological polar surface area (TPSA) is 119 Å². The van der Waals surface area contributed by atoms with E-state index in [2.05, 4.69) is 45.9 Å². The summed E-state index contributed by atoms with van der Waals surface area (Å²) in [7, 11) is 0. The zero-order chi connectivity index (χ0) is 22.6. The molecule has 1 heterocycles. The molecule has 0 aliphatic carbocycles. The second-order valence-electron chi connectivity index (χ2n) is 7.39. The fourth-order valence-electron chi connectivity index (χ4n) is 3.30. The van der Waals surface area contributed by atoms with E-state index in [0.29, 0.717) is 6.04 Å². The van der Waals surface area contributed by atoms with Crippen LogP contribution in [0.2, 0.25) is 0 Å². The van der Waals surface area contributed by atoms with Gasteiger partial charge in [-0.15, -0.1) is 0 Å². The van der Waals surface area contributed by atoms with Gasteiger partial charge in [0.1, 0.15) is 0 Å². The Morgan fingerprint density at radius 1 is 0.935 bits per heavy atom. The minimum Gasteiger partial charge on any atom is -0.473 e. The van der Waals surface area contributed by atoms with Gasteiger partial charge in [0.15, 0.2) is 0 Å². The Bertz CT molecular complexity index is 825. The van der Waals surface area contributed by atoms with E-state index in [0.717, 1.165) is 38.2 Å². The number of nitrogens with one attached hydrogen (secondary N) is 2. The largest absolute Gasteiger partial charge is 0.473 e. The highest BCUT2D eigenvalue weighted by Gasteiger charge is 2.23. The first-order chi connectivity index (χ1) is 14.8. The first-order valence-electron chi connectivity index (χ1n) is 10.2. The monoisotopic (exact) mass is 427 g/mol. The molecular weight excluding hydrogens is 398 g/mol. The normalized spacial score (nSPS) is 15.3. The van der Waals surface area contributed by atoms with Gasteiger partial charge in [-0.2, -0.15) is 0 Å². The number of hydrogen-bond donors (Lipinski definition) is 4. The number of likely N-dealkylation sites (tertiary alicyclic amines) is 1. The van der Waals surface area contributed by atoms with Crippen molar-refractivity contribution in [2.24, 2.45) is 0 Å². The number of carboxylic acids is 2. The summed E-state index contributed by atoms with van der Waals surface area (Å²) >= 11 is 0. The molecule has 2 aromatic rings. The number of carbonyl (C=O) groups excluding carboxylic acids is 1. The van der Waals surface area contributed by atoms with Crippen molar-refractivity contribution in [3.05, 3.63) is 66.2 Å². The number of piperidine rings is 1. The van der Waals surface area contributed by atoms with E-state index in [1.165, 1.54) is 5.56 Å². The summed E-state index contributed by atoms with van der Waals surface area (Å²) in [6.45, 7) is 5.09. The molecule has 0 radical (unpaired) electrons. The van der Waals surface area contributed by atoms with Crippen molar-refractivity contribution in [1.82, 2.24) is 10.2 Å². The van der Waals surface area contributed by atoms with Crippen LogP contribution in [0, 0.1) is 0 Å². The highest BCUT2D eigenvalue weighted by Crippen LogP contribution is 2.14. The van der Waals surface area contributed by atoms with Gasteiger partial charge in [-0.3, -0.25) is 9.69 Å². The van der Waals surface area contributed by atoms with E-state index in [4.69, 9.17) is 19.8 Å². The van der Waals surface area contributed by atoms with Crippen LogP contribution < -0.4 is 10.6 Å². The van der Waals surface area contributed by atoms with Crippen LogP contribution in [0.3, 0.4) is 0 Å². The lowest BCUT2D eigenvalue weighted by molar-refractivity contribution is -0.159. The molecule has 1 amide bonds. The lowest BCUT2D eigenvalue weighted by atomic mass is 10.0. The molecule has 0 spiro atoms. The fraction of sp³-hybridized carbons (Fsp3) is 0.348. The van der Waals surface area contributed by atoms with Crippen molar-refractivity contribution < 1.29 is 24.6 Å². The Balaban J connectivity index is 0.000000501. The Hall–Kier alpha value is -3.23. The number of carbonyl (C=O) groups is 3. The second-order valence-corrected chi connectivity index (χ2v) is 7.39. The Labute approximate surface area is 181 Å². The molecule has 31 heavy (non-hydrogen) atoms. The van der Waals surface area contributed by atoms with Gasteiger partial charge in [-0.1, -0.05) is 48.5 Å². The maximum Gasteiger partial charge on any atom is 0.414 e. The fourth-order valence-corrected chi connectivity index (χ4v) is 3.30. The van der Waals surface area contributed by atoms with E-state index < -0.39 is 11.9 Å². The third-order valence-corrected chi connectivity index (χ3v) is 4.94. The van der Waals surface area contributed by atoms with Crippen LogP contribution in [0.1, 0.15) is 25.3 Å². The summed E-state index contributed by atoms with van der Waals surface area (Å²) in [4.78, 5) is 33.0. The maximum atomic E-state index is 12.3. The quantitative estimate of drug-likeness (QED) is 0.523. The minimum atomic E-state index is -1.82.